The van der Waals surface area contributed by atoms with Crippen LogP contribution in [-0.2, 0) is 37.2 Å². The summed E-state index contributed by atoms with van der Waals surface area (Å²) in [5.74, 6) is -13.0. The van der Waals surface area contributed by atoms with E-state index in [1.165, 1.54) is 0 Å². The van der Waals surface area contributed by atoms with Gasteiger partial charge in [-0.3, -0.25) is 0 Å². The molecular formula is C7H2Na5O21P5-8. The molecule has 0 amide bonds. The minimum absolute atomic E-state index is 0. The second kappa shape index (κ2) is 17.7. The standard InChI is InChI=1S/C7H15O21P5.5Na/c8-3(9)1(29(14,15)16)2(30(17,18)19)6(4(10)11,31(20,21)22)7(5(12)13,32(23,24)25)33(26,27)28;;;;;/h1-2H,(H,8,9)(H,10,11)(H,12,13)(H2,14,15,16)(H2,17,18,19)(H2,20,21,22)(H2,23,24,25)(H2,26,27,28);;;;;/q;5*+1/p-13. The Morgan fingerprint density at radius 3 is 0.895 bits per heavy atom. The number of carbonyl (C=O) groups excluding carboxylic acids is 3. The molecule has 0 bridgehead atoms. The molecule has 21 nitrogen and oxygen atoms in total. The van der Waals surface area contributed by atoms with Crippen molar-refractivity contribution in [1.29, 1.82) is 0 Å². The van der Waals surface area contributed by atoms with E-state index in [-0.39, 0.29) is 148 Å². The molecule has 3 unspecified atom stereocenters. The topological polar surface area (TPSA) is 436 Å². The predicted octanol–water partition coefficient (Wildman–Crippen LogP) is -29.0. The van der Waals surface area contributed by atoms with E-state index >= 15 is 0 Å². The summed E-state index contributed by atoms with van der Waals surface area (Å²) in [6.07, 6.45) is 0. The Balaban J connectivity index is -0.000000512. The molecule has 0 radical (unpaired) electrons. The van der Waals surface area contributed by atoms with Gasteiger partial charge >= 0.3 is 148 Å². The van der Waals surface area contributed by atoms with E-state index in [1.807, 2.05) is 0 Å². The third-order valence-corrected chi connectivity index (χ3v) is 13.1. The van der Waals surface area contributed by atoms with Crippen molar-refractivity contribution in [3.63, 3.8) is 0 Å². The Morgan fingerprint density at radius 2 is 0.789 bits per heavy atom. The van der Waals surface area contributed by atoms with Crippen LogP contribution in [0.1, 0.15) is 0 Å². The van der Waals surface area contributed by atoms with Gasteiger partial charge in [-0.05, 0) is 15.2 Å². The number of hydrogen-bond donors (Lipinski definition) is 0. The molecule has 0 saturated carbocycles. The van der Waals surface area contributed by atoms with Gasteiger partial charge in [0.2, 0.25) is 0 Å². The quantitative estimate of drug-likeness (QED) is 0.143. The molecule has 0 heterocycles. The van der Waals surface area contributed by atoms with Gasteiger partial charge in [0.15, 0.2) is 0 Å². The molecule has 31 heteroatoms. The molecule has 0 aromatic rings. The summed E-state index contributed by atoms with van der Waals surface area (Å²) >= 11 is 0. The van der Waals surface area contributed by atoms with Gasteiger partial charge in [0.1, 0.15) is 0 Å². The normalized spacial score (nSPS) is 15.7. The first-order chi connectivity index (χ1) is 14.1. The fraction of sp³-hybridized carbons (Fsp3) is 0.571. The van der Waals surface area contributed by atoms with Crippen molar-refractivity contribution in [2.75, 3.05) is 0 Å². The Morgan fingerprint density at radius 1 is 0.500 bits per heavy atom. The summed E-state index contributed by atoms with van der Waals surface area (Å²) < 4.78 is 57.5. The van der Waals surface area contributed by atoms with Gasteiger partial charge in [0.25, 0.3) is 0 Å². The second-order valence-electron chi connectivity index (χ2n) is 5.79. The summed E-state index contributed by atoms with van der Waals surface area (Å²) in [6.45, 7) is 0. The molecule has 0 aromatic carbocycles. The SMILES string of the molecule is O=C([O-])C(C(C(C(=O)[O-])(C(C(=O)[O-])(P(=O)([O-])[O-])P(=O)([O-])[O-])P(=O)([O-])[O-])P(=O)([O-])[O-])P(=O)([O-])[O-].[Na+].[Na+].[Na+].[Na+].[Na+]. The predicted molar refractivity (Wildman–Crippen MR) is 66.1 cm³/mol. The summed E-state index contributed by atoms with van der Waals surface area (Å²) in [5, 5.41) is 27.0. The molecule has 194 valence electrons. The van der Waals surface area contributed by atoms with Crippen LogP contribution in [0.5, 0.6) is 0 Å². The Bertz CT molecular complexity index is 1070. The summed E-state index contributed by atoms with van der Waals surface area (Å²) in [7, 11) is -41.5. The van der Waals surface area contributed by atoms with Crippen LogP contribution in [0.4, 0.5) is 0 Å². The van der Waals surface area contributed by atoms with Crippen molar-refractivity contribution in [1.82, 2.24) is 0 Å². The van der Waals surface area contributed by atoms with E-state index in [1.54, 1.807) is 0 Å². The maximum atomic E-state index is 11.7. The van der Waals surface area contributed by atoms with Gasteiger partial charge in [0, 0.05) is 11.3 Å². The first-order valence-corrected chi connectivity index (χ1v) is 14.7. The van der Waals surface area contributed by atoms with Gasteiger partial charge < -0.3 is 101 Å². The van der Waals surface area contributed by atoms with E-state index in [2.05, 4.69) is 0 Å². The maximum Gasteiger partial charge on any atom is 1.00 e. The van der Waals surface area contributed by atoms with Crippen molar-refractivity contribution in [2.45, 2.75) is 21.4 Å². The molecule has 0 rings (SSSR count). The summed E-state index contributed by atoms with van der Waals surface area (Å²) in [4.78, 5) is 142. The first kappa shape index (κ1) is 54.6. The van der Waals surface area contributed by atoms with Gasteiger partial charge in [0.05, 0.1) is 28.0 Å². The monoisotopic (exact) mass is 692 g/mol. The van der Waals surface area contributed by atoms with Crippen molar-refractivity contribution in [2.24, 2.45) is 0 Å². The third-order valence-electron chi connectivity index (χ3n) is 4.00. The van der Waals surface area contributed by atoms with Crippen LogP contribution in [0.2, 0.25) is 0 Å². The van der Waals surface area contributed by atoms with Crippen molar-refractivity contribution < 1.29 is 249 Å². The Kier molecular flexibility index (Phi) is 25.5. The minimum Gasteiger partial charge on any atom is -0.810 e. The van der Waals surface area contributed by atoms with Crippen molar-refractivity contribution in [3.8, 4) is 0 Å². The maximum absolute atomic E-state index is 11.7. The van der Waals surface area contributed by atoms with Gasteiger partial charge in [-0.15, -0.1) is 0 Å². The first-order valence-electron chi connectivity index (χ1n) is 6.81. The van der Waals surface area contributed by atoms with Crippen LogP contribution < -0.4 is 212 Å². The van der Waals surface area contributed by atoms with E-state index < -0.39 is 77.3 Å². The molecule has 0 saturated heterocycles. The average Bonchev–Trinajstić information content (AvgIpc) is 2.42. The smallest absolute Gasteiger partial charge is 0.810 e. The van der Waals surface area contributed by atoms with Crippen molar-refractivity contribution >= 4 is 55.9 Å². The zero-order chi connectivity index (χ0) is 27.4. The third kappa shape index (κ3) is 10.1. The van der Waals surface area contributed by atoms with E-state index in [0.717, 1.165) is 0 Å². The minimum atomic E-state index is -8.64. The number of hydrogen-bond acceptors (Lipinski definition) is 21. The van der Waals surface area contributed by atoms with E-state index in [0.29, 0.717) is 0 Å². The molecule has 0 aliphatic heterocycles. The number of rotatable bonds is 11. The molecule has 0 aliphatic rings. The largest absolute Gasteiger partial charge is 1.00 e. The molecular weight excluding hydrogens is 690 g/mol. The van der Waals surface area contributed by atoms with Gasteiger partial charge in [-0.1, -0.05) is 22.8 Å². The van der Waals surface area contributed by atoms with Crippen LogP contribution >= 0.6 is 38.0 Å². The number of carboxylic acid groups (broad SMARTS) is 3. The van der Waals surface area contributed by atoms with Crippen LogP contribution in [0, 0.1) is 0 Å². The van der Waals surface area contributed by atoms with Crippen LogP contribution in [-0.4, -0.2) is 39.3 Å². The molecule has 38 heavy (non-hydrogen) atoms. The second-order valence-corrected chi connectivity index (χ2v) is 14.5. The molecule has 0 N–H and O–H groups in total. The zero-order valence-corrected chi connectivity index (χ0v) is 33.9. The van der Waals surface area contributed by atoms with Crippen molar-refractivity contribution in [3.05, 3.63) is 0 Å². The summed E-state index contributed by atoms with van der Waals surface area (Å²) in [6, 6.07) is 0. The fourth-order valence-corrected chi connectivity index (χ4v) is 12.7. The number of aliphatic carboxylic acids is 3. The molecule has 0 aliphatic carbocycles. The fourth-order valence-electron chi connectivity index (χ4n) is 2.94. The summed E-state index contributed by atoms with van der Waals surface area (Å²) in [5.41, 5.74) is -10.8. The van der Waals surface area contributed by atoms with E-state index in [9.17, 15) is 101 Å². The van der Waals surface area contributed by atoms with E-state index in [4.69, 9.17) is 0 Å². The molecule has 3 atom stereocenters. The molecule has 0 spiro atoms. The van der Waals surface area contributed by atoms with Crippen LogP contribution in [0.15, 0.2) is 0 Å². The Labute approximate surface area is 321 Å². The number of carbonyl (C=O) groups is 3. The van der Waals surface area contributed by atoms with Gasteiger partial charge in [-0.2, -0.15) is 0 Å². The number of carboxylic acids is 3. The molecule has 0 aromatic heterocycles. The average molecular weight is 692 g/mol. The molecule has 0 fully saturated rings. The Hall–Kier alpha value is 4.16. The van der Waals surface area contributed by atoms with Crippen LogP contribution in [0.25, 0.3) is 0 Å². The van der Waals surface area contributed by atoms with Crippen LogP contribution in [0.3, 0.4) is 0 Å². The zero-order valence-electron chi connectivity index (χ0n) is 19.5. The van der Waals surface area contributed by atoms with Gasteiger partial charge in [-0.25, -0.2) is 0 Å².